The molecule has 0 aliphatic heterocycles. The molecule has 0 spiro atoms. The molecule has 0 heterocycles. The molecule has 0 bridgehead atoms. The number of carbonyl (C=O) groups excluding carboxylic acids is 2. The van der Waals surface area contributed by atoms with Crippen molar-refractivity contribution in [2.45, 2.75) is 200 Å². The van der Waals surface area contributed by atoms with Crippen molar-refractivity contribution in [2.24, 2.45) is 0 Å². The minimum Gasteiger partial charge on any atom is -0.466 e. The Kier molecular flexibility index (Phi) is 31.9. The third-order valence-corrected chi connectivity index (χ3v) is 8.41. The van der Waals surface area contributed by atoms with Gasteiger partial charge in [0.15, 0.2) is 0 Å². The van der Waals surface area contributed by atoms with E-state index in [0.717, 1.165) is 51.4 Å². The highest BCUT2D eigenvalue weighted by atomic mass is 16.5. The van der Waals surface area contributed by atoms with Gasteiger partial charge in [-0.1, -0.05) is 124 Å². The van der Waals surface area contributed by atoms with Gasteiger partial charge in [-0.15, -0.1) is 0 Å². The number of rotatable bonds is 33. The van der Waals surface area contributed by atoms with Gasteiger partial charge in [-0.05, 0) is 77.9 Å². The molecule has 250 valence electrons. The molecule has 5 heteroatoms. The highest BCUT2D eigenvalue weighted by molar-refractivity contribution is 5.69. The van der Waals surface area contributed by atoms with E-state index in [4.69, 9.17) is 9.47 Å². The van der Waals surface area contributed by atoms with Gasteiger partial charge in [-0.25, -0.2) is 0 Å². The van der Waals surface area contributed by atoms with Crippen LogP contribution in [0.5, 0.6) is 0 Å². The molecule has 0 amide bonds. The normalized spacial score (nSPS) is 12.1. The first-order chi connectivity index (χ1) is 20.5. The van der Waals surface area contributed by atoms with E-state index in [2.05, 4.69) is 32.7 Å². The molecule has 5 nitrogen and oxygen atoms in total. The molecule has 1 atom stereocenters. The van der Waals surface area contributed by atoms with Crippen LogP contribution < -0.4 is 0 Å². The maximum absolute atomic E-state index is 12.4. The highest BCUT2D eigenvalue weighted by Gasteiger charge is 2.14. The number of nitrogens with zero attached hydrogens (tertiary/aromatic N) is 1. The van der Waals surface area contributed by atoms with Gasteiger partial charge in [-0.2, -0.15) is 0 Å². The topological polar surface area (TPSA) is 55.8 Å². The predicted octanol–water partition coefficient (Wildman–Crippen LogP) is 11.0. The summed E-state index contributed by atoms with van der Waals surface area (Å²) in [5, 5.41) is 0. The Balaban J connectivity index is 3.56. The van der Waals surface area contributed by atoms with Crippen LogP contribution in [-0.4, -0.2) is 49.7 Å². The third kappa shape index (κ3) is 30.4. The second kappa shape index (κ2) is 32.8. The summed E-state index contributed by atoms with van der Waals surface area (Å²) < 4.78 is 11.1. The Morgan fingerprint density at radius 2 is 0.905 bits per heavy atom. The second-order valence-electron chi connectivity index (χ2n) is 12.8. The number of hydrogen-bond acceptors (Lipinski definition) is 5. The molecular formula is C37H73NO4. The molecule has 42 heavy (non-hydrogen) atoms. The molecule has 0 aliphatic carbocycles. The van der Waals surface area contributed by atoms with E-state index in [1.807, 2.05) is 0 Å². The molecule has 1 unspecified atom stereocenters. The van der Waals surface area contributed by atoms with Crippen LogP contribution in [0.1, 0.15) is 194 Å². The fourth-order valence-corrected chi connectivity index (χ4v) is 5.51. The van der Waals surface area contributed by atoms with E-state index in [0.29, 0.717) is 19.4 Å². The Morgan fingerprint density at radius 3 is 1.43 bits per heavy atom. The van der Waals surface area contributed by atoms with Gasteiger partial charge in [-0.3, -0.25) is 9.59 Å². The van der Waals surface area contributed by atoms with E-state index in [9.17, 15) is 9.59 Å². The van der Waals surface area contributed by atoms with Crippen LogP contribution in [0.25, 0.3) is 0 Å². The molecule has 0 saturated heterocycles. The fourth-order valence-electron chi connectivity index (χ4n) is 5.51. The summed E-state index contributed by atoms with van der Waals surface area (Å²) >= 11 is 0. The van der Waals surface area contributed by atoms with E-state index in [1.54, 1.807) is 0 Å². The first-order valence-electron chi connectivity index (χ1n) is 18.6. The van der Waals surface area contributed by atoms with Crippen LogP contribution in [0.2, 0.25) is 0 Å². The van der Waals surface area contributed by atoms with Crippen molar-refractivity contribution in [1.29, 1.82) is 0 Å². The predicted molar refractivity (Wildman–Crippen MR) is 180 cm³/mol. The molecule has 0 aromatic heterocycles. The van der Waals surface area contributed by atoms with E-state index in [1.165, 1.54) is 122 Å². The molecule has 0 aromatic carbocycles. The molecule has 0 saturated carbocycles. The zero-order chi connectivity index (χ0) is 30.9. The van der Waals surface area contributed by atoms with Crippen LogP contribution in [0, 0.1) is 0 Å². The maximum Gasteiger partial charge on any atom is 0.306 e. The van der Waals surface area contributed by atoms with Crippen molar-refractivity contribution in [1.82, 2.24) is 4.90 Å². The van der Waals surface area contributed by atoms with Crippen molar-refractivity contribution < 1.29 is 19.1 Å². The fraction of sp³-hybridized carbons (Fsp3) is 0.946. The Hall–Kier alpha value is -1.10. The van der Waals surface area contributed by atoms with Crippen LogP contribution in [0.3, 0.4) is 0 Å². The van der Waals surface area contributed by atoms with E-state index in [-0.39, 0.29) is 18.0 Å². The number of unbranched alkanes of at least 4 members (excludes halogenated alkanes) is 18. The van der Waals surface area contributed by atoms with Gasteiger partial charge in [0.05, 0.1) is 6.61 Å². The first-order valence-corrected chi connectivity index (χ1v) is 18.6. The zero-order valence-electron chi connectivity index (χ0n) is 28.9. The average molecular weight is 596 g/mol. The summed E-state index contributed by atoms with van der Waals surface area (Å²) in [6, 6.07) is 0. The maximum atomic E-state index is 12.4. The van der Waals surface area contributed by atoms with Crippen LogP contribution >= 0.6 is 0 Å². The van der Waals surface area contributed by atoms with E-state index < -0.39 is 0 Å². The summed E-state index contributed by atoms with van der Waals surface area (Å²) in [5.74, 6) is 0.0143. The average Bonchev–Trinajstić information content (AvgIpc) is 2.97. The molecule has 0 fully saturated rings. The summed E-state index contributed by atoms with van der Waals surface area (Å²) in [4.78, 5) is 26.5. The first kappa shape index (κ1) is 40.9. The molecular weight excluding hydrogens is 522 g/mol. The monoisotopic (exact) mass is 596 g/mol. The lowest BCUT2D eigenvalue weighted by molar-refractivity contribution is -0.150. The van der Waals surface area contributed by atoms with Crippen molar-refractivity contribution in [3.63, 3.8) is 0 Å². The van der Waals surface area contributed by atoms with Gasteiger partial charge in [0.1, 0.15) is 6.10 Å². The smallest absolute Gasteiger partial charge is 0.306 e. The zero-order valence-corrected chi connectivity index (χ0v) is 28.9. The lowest BCUT2D eigenvalue weighted by Gasteiger charge is -2.18. The largest absolute Gasteiger partial charge is 0.466 e. The lowest BCUT2D eigenvalue weighted by Crippen LogP contribution is -2.20. The number of carbonyl (C=O) groups is 2. The number of esters is 2. The van der Waals surface area contributed by atoms with Gasteiger partial charge in [0, 0.05) is 12.8 Å². The van der Waals surface area contributed by atoms with Crippen molar-refractivity contribution in [3.8, 4) is 0 Å². The summed E-state index contributed by atoms with van der Waals surface area (Å²) in [6.45, 7) is 9.56. The molecule has 0 radical (unpaired) electrons. The van der Waals surface area contributed by atoms with E-state index >= 15 is 0 Å². The summed E-state index contributed by atoms with van der Waals surface area (Å²) in [7, 11) is 2.26. The van der Waals surface area contributed by atoms with Crippen molar-refractivity contribution in [2.75, 3.05) is 26.7 Å². The minimum atomic E-state index is -0.0167. The second-order valence-corrected chi connectivity index (χ2v) is 12.8. The van der Waals surface area contributed by atoms with Crippen LogP contribution in [0.4, 0.5) is 0 Å². The third-order valence-electron chi connectivity index (χ3n) is 8.41. The minimum absolute atomic E-state index is 0.0167. The van der Waals surface area contributed by atoms with Crippen molar-refractivity contribution >= 4 is 11.9 Å². The van der Waals surface area contributed by atoms with Crippen LogP contribution in [0.15, 0.2) is 0 Å². The van der Waals surface area contributed by atoms with Gasteiger partial charge in [0.25, 0.3) is 0 Å². The number of hydrogen-bond donors (Lipinski definition) is 0. The SMILES string of the molecule is CCCCCCC(CCCCC)OC(=O)CCCCCCCN(C)CCCCCCCCCCCC(=O)OCCCC. The quantitative estimate of drug-likeness (QED) is 0.0558. The van der Waals surface area contributed by atoms with Gasteiger partial charge >= 0.3 is 11.9 Å². The van der Waals surface area contributed by atoms with Crippen LogP contribution in [-0.2, 0) is 19.1 Å². The standard InChI is InChI=1S/C37H73NO4/c1-5-8-11-23-29-35(28-22-9-6-2)42-37(40)31-25-19-17-21-27-33-38(4)32-26-20-16-14-12-13-15-18-24-30-36(39)41-34-10-7-3/h35H,5-34H2,1-4H3. The molecule has 0 aliphatic rings. The summed E-state index contributed by atoms with van der Waals surface area (Å²) in [5.41, 5.74) is 0. The Labute approximate surface area is 262 Å². The lowest BCUT2D eigenvalue weighted by atomic mass is 10.0. The van der Waals surface area contributed by atoms with Gasteiger partial charge < -0.3 is 14.4 Å². The molecule has 0 rings (SSSR count). The Morgan fingerprint density at radius 1 is 0.500 bits per heavy atom. The molecule has 0 N–H and O–H groups in total. The number of ether oxygens (including phenoxy) is 2. The Bertz CT molecular complexity index is 582. The highest BCUT2D eigenvalue weighted by Crippen LogP contribution is 2.17. The summed E-state index contributed by atoms with van der Waals surface area (Å²) in [6.07, 6.45) is 31.3. The van der Waals surface area contributed by atoms with Gasteiger partial charge in [0.2, 0.25) is 0 Å². The molecule has 0 aromatic rings. The van der Waals surface area contributed by atoms with Crippen molar-refractivity contribution in [3.05, 3.63) is 0 Å².